The molecule has 0 amide bonds. The number of rotatable bonds is 7. The van der Waals surface area contributed by atoms with E-state index in [1.807, 2.05) is 24.3 Å². The number of hydrogen-bond acceptors (Lipinski definition) is 3. The van der Waals surface area contributed by atoms with Crippen molar-refractivity contribution in [2.45, 2.75) is 12.3 Å². The minimum Gasteiger partial charge on any atom is -0.456 e. The van der Waals surface area contributed by atoms with Crippen LogP contribution >= 0.6 is 0 Å². The minimum absolute atomic E-state index is 0.153. The van der Waals surface area contributed by atoms with Crippen molar-refractivity contribution < 1.29 is 4.42 Å². The Morgan fingerprint density at radius 2 is 1.03 bits per heavy atom. The summed E-state index contributed by atoms with van der Waals surface area (Å²) in [7, 11) is 0. The summed E-state index contributed by atoms with van der Waals surface area (Å²) >= 11 is 0. The van der Waals surface area contributed by atoms with Crippen molar-refractivity contribution in [3.8, 4) is 73.0 Å². The Kier molecular flexibility index (Phi) is 9.31. The van der Waals surface area contributed by atoms with Gasteiger partial charge in [0.15, 0.2) is 5.82 Å². The van der Waals surface area contributed by atoms with Crippen LogP contribution in [0, 0.1) is 0 Å². The van der Waals surface area contributed by atoms with Crippen LogP contribution in [0.3, 0.4) is 0 Å². The summed E-state index contributed by atoms with van der Waals surface area (Å²) in [5.41, 5.74) is 21.4. The fourth-order valence-electron chi connectivity index (χ4n) is 11.1. The molecule has 0 saturated heterocycles. The van der Waals surface area contributed by atoms with Crippen LogP contribution in [0.15, 0.2) is 247 Å². The third kappa shape index (κ3) is 6.68. The Morgan fingerprint density at radius 1 is 0.386 bits per heavy atom. The van der Waals surface area contributed by atoms with Crippen LogP contribution < -0.4 is 0 Å². The van der Waals surface area contributed by atoms with Gasteiger partial charge >= 0.3 is 0 Å². The molecule has 1 aliphatic carbocycles. The molecule has 0 radical (unpaired) electrons. The van der Waals surface area contributed by atoms with Gasteiger partial charge in [0, 0.05) is 49.8 Å². The van der Waals surface area contributed by atoms with E-state index in [-0.39, 0.29) is 5.92 Å². The first kappa shape index (κ1) is 40.0. The van der Waals surface area contributed by atoms with Crippen molar-refractivity contribution in [1.29, 1.82) is 0 Å². The lowest BCUT2D eigenvalue weighted by molar-refractivity contribution is 0.669. The highest BCUT2D eigenvalue weighted by Crippen LogP contribution is 2.46. The first-order chi connectivity index (χ1) is 34.7. The van der Waals surface area contributed by atoms with E-state index in [0.717, 1.165) is 62.1 Å². The molecular formula is C66H43N3O. The topological polar surface area (TPSA) is 43.9 Å². The Morgan fingerprint density at radius 3 is 1.93 bits per heavy atom. The molecule has 0 N–H and O–H groups in total. The zero-order chi connectivity index (χ0) is 46.1. The Balaban J connectivity index is 0.834. The van der Waals surface area contributed by atoms with E-state index >= 15 is 0 Å². The smallest absolute Gasteiger partial charge is 0.160 e. The molecule has 0 fully saturated rings. The SMILES string of the molecule is c1ccc(-c2cccc(-n3c4ccccc4c4cc(-c5ccc6c(c5)-c5ccccc5C(c5cccc(-c7nc(-c8ccccc8)cc(-c8cccc9oc%10ccccc%10c89)n7)c5)C6)ccc43)c2)cc1. The Labute approximate surface area is 405 Å². The van der Waals surface area contributed by atoms with Crippen molar-refractivity contribution in [3.05, 3.63) is 259 Å². The molecule has 0 saturated carbocycles. The molecule has 3 aromatic heterocycles. The molecule has 1 atom stereocenters. The van der Waals surface area contributed by atoms with Crippen LogP contribution in [0.5, 0.6) is 0 Å². The molecule has 328 valence electrons. The monoisotopic (exact) mass is 893 g/mol. The number of nitrogens with zero attached hydrogens (tertiary/aromatic N) is 3. The van der Waals surface area contributed by atoms with Crippen LogP contribution in [-0.2, 0) is 6.42 Å². The number of furan rings is 1. The molecule has 3 heterocycles. The quantitative estimate of drug-likeness (QED) is 0.160. The van der Waals surface area contributed by atoms with Crippen LogP contribution in [0.25, 0.3) is 117 Å². The van der Waals surface area contributed by atoms with E-state index in [1.165, 1.54) is 71.9 Å². The standard InChI is InChI=1S/C66H43N3O/c1-3-16-42(17-4-1)44-20-14-23-50(37-44)69-61-29-11-9-26-53(61)58-39-46(34-35-62(58)69)45-32-33-48-40-57(52-25-8-7-24-51(52)56(48)38-45)47-21-13-22-49(36-47)66-67-59(43-18-5-2-6-19-43)41-60(68-66)54-28-15-31-64-65(54)55-27-10-12-30-63(55)70-64/h1-39,41,57H,40H2. The van der Waals surface area contributed by atoms with Crippen molar-refractivity contribution in [1.82, 2.24) is 14.5 Å². The van der Waals surface area contributed by atoms with E-state index in [4.69, 9.17) is 14.4 Å². The third-order valence-electron chi connectivity index (χ3n) is 14.4. The molecule has 14 rings (SSSR count). The summed E-state index contributed by atoms with van der Waals surface area (Å²) in [4.78, 5) is 10.6. The number of benzene rings is 10. The van der Waals surface area contributed by atoms with Gasteiger partial charge in [0.05, 0.1) is 22.4 Å². The second-order valence-corrected chi connectivity index (χ2v) is 18.4. The van der Waals surface area contributed by atoms with Gasteiger partial charge in [-0.3, -0.25) is 0 Å². The maximum Gasteiger partial charge on any atom is 0.160 e. The van der Waals surface area contributed by atoms with E-state index in [0.29, 0.717) is 5.82 Å². The number of aromatic nitrogens is 3. The largest absolute Gasteiger partial charge is 0.456 e. The maximum atomic E-state index is 6.32. The first-order valence-electron chi connectivity index (χ1n) is 24.1. The third-order valence-corrected chi connectivity index (χ3v) is 14.4. The number of hydrogen-bond donors (Lipinski definition) is 0. The van der Waals surface area contributed by atoms with Gasteiger partial charge in [0.25, 0.3) is 0 Å². The summed E-state index contributed by atoms with van der Waals surface area (Å²) < 4.78 is 8.73. The van der Waals surface area contributed by atoms with E-state index in [9.17, 15) is 0 Å². The molecule has 70 heavy (non-hydrogen) atoms. The van der Waals surface area contributed by atoms with Gasteiger partial charge in [0.1, 0.15) is 11.2 Å². The normalized spacial score (nSPS) is 13.2. The molecule has 0 aliphatic heterocycles. The fourth-order valence-corrected chi connectivity index (χ4v) is 11.1. The van der Waals surface area contributed by atoms with Gasteiger partial charge in [0.2, 0.25) is 0 Å². The van der Waals surface area contributed by atoms with Crippen molar-refractivity contribution >= 4 is 43.7 Å². The van der Waals surface area contributed by atoms with Crippen LogP contribution in [0.4, 0.5) is 0 Å². The average Bonchev–Trinajstić information content (AvgIpc) is 3.99. The van der Waals surface area contributed by atoms with Crippen LogP contribution in [-0.4, -0.2) is 14.5 Å². The lowest BCUT2D eigenvalue weighted by Crippen LogP contribution is -2.13. The molecule has 13 aromatic rings. The molecule has 0 spiro atoms. The molecule has 4 heteroatoms. The zero-order valence-corrected chi connectivity index (χ0v) is 38.1. The van der Waals surface area contributed by atoms with Crippen LogP contribution in [0.1, 0.15) is 22.6 Å². The maximum absolute atomic E-state index is 6.32. The second kappa shape index (κ2) is 16.3. The lowest BCUT2D eigenvalue weighted by atomic mass is 9.75. The van der Waals surface area contributed by atoms with E-state index in [2.05, 4.69) is 223 Å². The van der Waals surface area contributed by atoms with E-state index in [1.54, 1.807) is 0 Å². The summed E-state index contributed by atoms with van der Waals surface area (Å²) in [6, 6.07) is 87.2. The zero-order valence-electron chi connectivity index (χ0n) is 38.1. The highest BCUT2D eigenvalue weighted by Gasteiger charge is 2.27. The lowest BCUT2D eigenvalue weighted by Gasteiger charge is -2.29. The molecule has 4 nitrogen and oxygen atoms in total. The first-order valence-corrected chi connectivity index (χ1v) is 24.1. The Hall–Kier alpha value is -9.12. The van der Waals surface area contributed by atoms with Gasteiger partial charge in [-0.05, 0) is 117 Å². The van der Waals surface area contributed by atoms with Gasteiger partial charge in [-0.25, -0.2) is 9.97 Å². The number of para-hydroxylation sites is 2. The minimum atomic E-state index is 0.153. The summed E-state index contributed by atoms with van der Waals surface area (Å²) in [5.74, 6) is 0.845. The Bertz CT molecular complexity index is 4160. The molecular weight excluding hydrogens is 851 g/mol. The van der Waals surface area contributed by atoms with Crippen molar-refractivity contribution in [2.75, 3.05) is 0 Å². The highest BCUT2D eigenvalue weighted by atomic mass is 16.3. The number of fused-ring (bicyclic) bond motifs is 9. The highest BCUT2D eigenvalue weighted by molar-refractivity contribution is 6.12. The summed E-state index contributed by atoms with van der Waals surface area (Å²) in [5, 5.41) is 4.63. The predicted molar refractivity (Wildman–Crippen MR) is 288 cm³/mol. The summed E-state index contributed by atoms with van der Waals surface area (Å²) in [6.07, 6.45) is 0.885. The average molecular weight is 894 g/mol. The van der Waals surface area contributed by atoms with Gasteiger partial charge in [-0.2, -0.15) is 0 Å². The molecule has 1 unspecified atom stereocenters. The molecule has 1 aliphatic rings. The predicted octanol–water partition coefficient (Wildman–Crippen LogP) is 17.2. The molecule has 10 aromatic carbocycles. The van der Waals surface area contributed by atoms with Gasteiger partial charge in [-0.1, -0.05) is 182 Å². The van der Waals surface area contributed by atoms with Crippen LogP contribution in [0.2, 0.25) is 0 Å². The second-order valence-electron chi connectivity index (χ2n) is 18.4. The van der Waals surface area contributed by atoms with Crippen molar-refractivity contribution in [2.24, 2.45) is 0 Å². The van der Waals surface area contributed by atoms with Gasteiger partial charge < -0.3 is 8.98 Å². The van der Waals surface area contributed by atoms with Crippen molar-refractivity contribution in [3.63, 3.8) is 0 Å². The fraction of sp³-hybridized carbons (Fsp3) is 0.0303. The summed E-state index contributed by atoms with van der Waals surface area (Å²) in [6.45, 7) is 0. The van der Waals surface area contributed by atoms with E-state index < -0.39 is 0 Å². The molecule has 0 bridgehead atoms. The van der Waals surface area contributed by atoms with Gasteiger partial charge in [-0.15, -0.1) is 0 Å².